The molecule has 0 radical (unpaired) electrons. The first kappa shape index (κ1) is 15.5. The van der Waals surface area contributed by atoms with Crippen LogP contribution >= 0.6 is 15.9 Å². The van der Waals surface area contributed by atoms with Gasteiger partial charge in [-0.05, 0) is 47.1 Å². The van der Waals surface area contributed by atoms with E-state index >= 15 is 0 Å². The summed E-state index contributed by atoms with van der Waals surface area (Å²) in [5.74, 6) is 1.33. The van der Waals surface area contributed by atoms with Gasteiger partial charge in [0, 0.05) is 6.20 Å². The molecule has 4 aromatic rings. The number of carbonyl (C=O) groups is 1. The van der Waals surface area contributed by atoms with Crippen LogP contribution in [-0.4, -0.2) is 30.6 Å². The van der Waals surface area contributed by atoms with Gasteiger partial charge in [-0.25, -0.2) is 0 Å². The Bertz CT molecular complexity index is 1070. The number of halogens is 1. The summed E-state index contributed by atoms with van der Waals surface area (Å²) in [6.07, 6.45) is 1.80. The molecular formula is C15H11BrN6O3. The average Bonchev–Trinajstić information content (AvgIpc) is 3.32. The number of hydrogen-bond acceptors (Lipinski definition) is 7. The number of nitrogens with zero attached hydrogens (tertiary/aromatic N) is 5. The van der Waals surface area contributed by atoms with Crippen molar-refractivity contribution >= 4 is 27.5 Å². The smallest absolute Gasteiger partial charge is 0.287 e. The lowest BCUT2D eigenvalue weighted by molar-refractivity contribution is 0.0920. The number of nitrogens with one attached hydrogen (secondary N) is 1. The Hall–Kier alpha value is -3.01. The van der Waals surface area contributed by atoms with E-state index in [4.69, 9.17) is 8.94 Å². The van der Waals surface area contributed by atoms with Gasteiger partial charge in [0.1, 0.15) is 0 Å². The van der Waals surface area contributed by atoms with Gasteiger partial charge >= 0.3 is 0 Å². The highest BCUT2D eigenvalue weighted by molar-refractivity contribution is 9.10. The Morgan fingerprint density at radius 2 is 2.20 bits per heavy atom. The summed E-state index contributed by atoms with van der Waals surface area (Å²) >= 11 is 3.16. The maximum absolute atomic E-state index is 12.1. The monoisotopic (exact) mass is 402 g/mol. The standard InChI is InChI=1S/C15H11BrN6O3/c1-8-18-15(25-21-8)9-3-2-6-22-12(19-20-13(9)22)7-17-14(23)10-4-5-11(16)24-10/h2-6H,7H2,1H3,(H,17,23). The van der Waals surface area contributed by atoms with Gasteiger partial charge < -0.3 is 14.3 Å². The topological polar surface area (TPSA) is 111 Å². The maximum atomic E-state index is 12.1. The van der Waals surface area contributed by atoms with Crippen molar-refractivity contribution in [3.05, 3.63) is 52.5 Å². The molecular weight excluding hydrogens is 392 g/mol. The second-order valence-corrected chi connectivity index (χ2v) is 5.95. The highest BCUT2D eigenvalue weighted by Gasteiger charge is 2.16. The van der Waals surface area contributed by atoms with Crippen molar-refractivity contribution in [1.29, 1.82) is 0 Å². The van der Waals surface area contributed by atoms with E-state index in [0.29, 0.717) is 33.4 Å². The van der Waals surface area contributed by atoms with E-state index in [2.05, 4.69) is 41.6 Å². The van der Waals surface area contributed by atoms with Gasteiger partial charge in [0.15, 0.2) is 27.7 Å². The first-order chi connectivity index (χ1) is 12.1. The molecule has 0 fully saturated rings. The van der Waals surface area contributed by atoms with Crippen LogP contribution in [0.25, 0.3) is 17.1 Å². The molecule has 126 valence electrons. The molecule has 10 heteroatoms. The molecule has 0 aliphatic rings. The van der Waals surface area contributed by atoms with Gasteiger partial charge in [-0.1, -0.05) is 5.16 Å². The molecule has 0 unspecified atom stereocenters. The summed E-state index contributed by atoms with van der Waals surface area (Å²) in [6, 6.07) is 6.87. The first-order valence-electron chi connectivity index (χ1n) is 7.28. The molecule has 0 aliphatic heterocycles. The number of rotatable bonds is 4. The van der Waals surface area contributed by atoms with E-state index in [9.17, 15) is 4.79 Å². The van der Waals surface area contributed by atoms with Crippen LogP contribution < -0.4 is 5.32 Å². The lowest BCUT2D eigenvalue weighted by Gasteiger charge is -2.03. The zero-order chi connectivity index (χ0) is 17.4. The highest BCUT2D eigenvalue weighted by atomic mass is 79.9. The van der Waals surface area contributed by atoms with E-state index in [1.807, 2.05) is 12.1 Å². The molecule has 4 heterocycles. The lowest BCUT2D eigenvalue weighted by Crippen LogP contribution is -2.23. The lowest BCUT2D eigenvalue weighted by atomic mass is 10.2. The summed E-state index contributed by atoms with van der Waals surface area (Å²) < 4.78 is 12.7. The van der Waals surface area contributed by atoms with Crippen LogP contribution in [0.4, 0.5) is 0 Å². The van der Waals surface area contributed by atoms with Gasteiger partial charge in [0.2, 0.25) is 0 Å². The van der Waals surface area contributed by atoms with Crippen molar-refractivity contribution in [2.24, 2.45) is 0 Å². The Balaban J connectivity index is 1.60. The van der Waals surface area contributed by atoms with Gasteiger partial charge in [-0.15, -0.1) is 10.2 Å². The zero-order valence-corrected chi connectivity index (χ0v) is 14.5. The molecule has 0 spiro atoms. The largest absolute Gasteiger partial charge is 0.444 e. The fourth-order valence-corrected chi connectivity index (χ4v) is 2.65. The average molecular weight is 403 g/mol. The number of furan rings is 1. The van der Waals surface area contributed by atoms with Crippen molar-refractivity contribution in [3.63, 3.8) is 0 Å². The molecule has 1 amide bonds. The van der Waals surface area contributed by atoms with E-state index in [1.165, 1.54) is 0 Å². The number of pyridine rings is 1. The summed E-state index contributed by atoms with van der Waals surface area (Å²) in [7, 11) is 0. The van der Waals surface area contributed by atoms with Gasteiger partial charge in [-0.3, -0.25) is 9.20 Å². The number of aryl methyl sites for hydroxylation is 1. The molecule has 4 aromatic heterocycles. The fourth-order valence-electron chi connectivity index (χ4n) is 2.34. The number of aromatic nitrogens is 5. The Morgan fingerprint density at radius 3 is 2.92 bits per heavy atom. The highest BCUT2D eigenvalue weighted by Crippen LogP contribution is 2.22. The molecule has 0 atom stereocenters. The second-order valence-electron chi connectivity index (χ2n) is 5.16. The zero-order valence-electron chi connectivity index (χ0n) is 12.9. The van der Waals surface area contributed by atoms with Crippen molar-refractivity contribution < 1.29 is 13.7 Å². The van der Waals surface area contributed by atoms with E-state index in [-0.39, 0.29) is 18.2 Å². The normalized spacial score (nSPS) is 11.1. The van der Waals surface area contributed by atoms with Crippen LogP contribution in [0.3, 0.4) is 0 Å². The van der Waals surface area contributed by atoms with Crippen molar-refractivity contribution in [2.45, 2.75) is 13.5 Å². The van der Waals surface area contributed by atoms with Crippen LogP contribution in [0.2, 0.25) is 0 Å². The minimum atomic E-state index is -0.342. The summed E-state index contributed by atoms with van der Waals surface area (Å²) in [5.41, 5.74) is 1.24. The minimum absolute atomic E-state index is 0.185. The maximum Gasteiger partial charge on any atom is 0.287 e. The third-order valence-electron chi connectivity index (χ3n) is 3.47. The number of carbonyl (C=O) groups excluding carboxylic acids is 1. The third kappa shape index (κ3) is 2.91. The molecule has 0 saturated heterocycles. The van der Waals surface area contributed by atoms with E-state index < -0.39 is 0 Å². The molecule has 0 saturated carbocycles. The van der Waals surface area contributed by atoms with Crippen LogP contribution in [-0.2, 0) is 6.54 Å². The Labute approximate surface area is 149 Å². The van der Waals surface area contributed by atoms with E-state index in [0.717, 1.165) is 0 Å². The second kappa shape index (κ2) is 6.13. The van der Waals surface area contributed by atoms with Gasteiger partial charge in [0.05, 0.1) is 12.1 Å². The first-order valence-corrected chi connectivity index (χ1v) is 8.08. The van der Waals surface area contributed by atoms with Crippen molar-refractivity contribution in [3.8, 4) is 11.5 Å². The van der Waals surface area contributed by atoms with Gasteiger partial charge in [0.25, 0.3) is 11.8 Å². The van der Waals surface area contributed by atoms with Gasteiger partial charge in [-0.2, -0.15) is 4.98 Å². The fraction of sp³-hybridized carbons (Fsp3) is 0.133. The summed E-state index contributed by atoms with van der Waals surface area (Å²) in [5, 5.41) is 14.8. The molecule has 4 rings (SSSR count). The number of amides is 1. The molecule has 0 bridgehead atoms. The number of fused-ring (bicyclic) bond motifs is 1. The molecule has 1 N–H and O–H groups in total. The quantitative estimate of drug-likeness (QED) is 0.557. The van der Waals surface area contributed by atoms with E-state index in [1.54, 1.807) is 29.7 Å². The minimum Gasteiger partial charge on any atom is -0.444 e. The molecule has 25 heavy (non-hydrogen) atoms. The molecule has 0 aliphatic carbocycles. The molecule has 0 aromatic carbocycles. The van der Waals surface area contributed by atoms with Crippen LogP contribution in [0.15, 0.2) is 44.1 Å². The predicted octanol–water partition coefficient (Wildman–Crippen LogP) is 2.37. The Morgan fingerprint density at radius 1 is 1.32 bits per heavy atom. The van der Waals surface area contributed by atoms with Crippen LogP contribution in [0.5, 0.6) is 0 Å². The van der Waals surface area contributed by atoms with Crippen LogP contribution in [0.1, 0.15) is 22.2 Å². The van der Waals surface area contributed by atoms with Crippen molar-refractivity contribution in [1.82, 2.24) is 30.1 Å². The number of hydrogen-bond donors (Lipinski definition) is 1. The predicted molar refractivity (Wildman–Crippen MR) is 88.6 cm³/mol. The third-order valence-corrected chi connectivity index (χ3v) is 3.89. The molecule has 9 nitrogen and oxygen atoms in total. The summed E-state index contributed by atoms with van der Waals surface area (Å²) in [6.45, 7) is 1.93. The van der Waals surface area contributed by atoms with Crippen LogP contribution in [0, 0.1) is 6.92 Å². The van der Waals surface area contributed by atoms with Crippen molar-refractivity contribution in [2.75, 3.05) is 0 Å². The SMILES string of the molecule is Cc1noc(-c2cccn3c(CNC(=O)c4ccc(Br)o4)nnc23)n1. The summed E-state index contributed by atoms with van der Waals surface area (Å²) in [4.78, 5) is 16.3. The Kier molecular flexibility index (Phi) is 3.80.